The van der Waals surface area contributed by atoms with Crippen LogP contribution in [0.25, 0.3) is 11.1 Å². The van der Waals surface area contributed by atoms with Gasteiger partial charge in [0.15, 0.2) is 5.58 Å². The molecule has 0 radical (unpaired) electrons. The number of oxazole rings is 1. The lowest BCUT2D eigenvalue weighted by molar-refractivity contribution is -0.121. The third kappa shape index (κ3) is 9.76. The molecule has 0 aliphatic heterocycles. The van der Waals surface area contributed by atoms with Gasteiger partial charge in [-0.2, -0.15) is 17.2 Å². The van der Waals surface area contributed by atoms with E-state index in [9.17, 15) is 27.1 Å². The van der Waals surface area contributed by atoms with Crippen molar-refractivity contribution in [3.05, 3.63) is 90.3 Å². The third-order valence-corrected chi connectivity index (χ3v) is 8.50. The van der Waals surface area contributed by atoms with Crippen LogP contribution in [0.1, 0.15) is 36.8 Å². The van der Waals surface area contributed by atoms with E-state index in [1.807, 2.05) is 12.1 Å². The number of benzene rings is 3. The number of para-hydroxylation sites is 3. The number of aliphatic hydroxyl groups excluding tert-OH is 1. The van der Waals surface area contributed by atoms with Crippen molar-refractivity contribution >= 4 is 45.1 Å². The van der Waals surface area contributed by atoms with Gasteiger partial charge in [0.05, 0.1) is 16.7 Å². The molecular weight excluding hydrogens is 602 g/mol. The van der Waals surface area contributed by atoms with E-state index in [0.29, 0.717) is 29.5 Å². The first kappa shape index (κ1) is 31.9. The first-order chi connectivity index (χ1) is 20.7. The second kappa shape index (κ2) is 15.5. The molecule has 1 unspecified atom stereocenters. The SMILES string of the molecule is O=C(CC(NC=NS(=O)(=O)c1ccccc1)SCc1ccccc1OC(F)F)NCCC[C@H](O)c1nc2ccccc2o1. The first-order valence-corrected chi connectivity index (χ1v) is 15.7. The Morgan fingerprint density at radius 2 is 1.79 bits per heavy atom. The Balaban J connectivity index is 1.33. The lowest BCUT2D eigenvalue weighted by atomic mass is 10.2. The molecule has 0 spiro atoms. The van der Waals surface area contributed by atoms with Gasteiger partial charge in [-0.1, -0.05) is 48.5 Å². The van der Waals surface area contributed by atoms with Gasteiger partial charge in [-0.15, -0.1) is 16.2 Å². The Kier molecular flexibility index (Phi) is 11.5. The Morgan fingerprint density at radius 3 is 2.56 bits per heavy atom. The molecule has 43 heavy (non-hydrogen) atoms. The average molecular weight is 633 g/mol. The molecule has 1 aromatic heterocycles. The number of aromatic nitrogens is 1. The lowest BCUT2D eigenvalue weighted by Gasteiger charge is -2.18. The van der Waals surface area contributed by atoms with Gasteiger partial charge in [-0.25, -0.2) is 4.98 Å². The van der Waals surface area contributed by atoms with Crippen LogP contribution >= 0.6 is 11.8 Å². The average Bonchev–Trinajstić information content (AvgIpc) is 3.43. The van der Waals surface area contributed by atoms with Gasteiger partial charge >= 0.3 is 6.61 Å². The lowest BCUT2D eigenvalue weighted by Crippen LogP contribution is -2.34. The fraction of sp³-hybridized carbons (Fsp3) is 0.276. The minimum absolute atomic E-state index is 0.00558. The Morgan fingerprint density at radius 1 is 1.07 bits per heavy atom. The smallest absolute Gasteiger partial charge is 0.387 e. The molecule has 2 atom stereocenters. The summed E-state index contributed by atoms with van der Waals surface area (Å²) < 4.78 is 64.5. The number of thioether (sulfide) groups is 1. The number of amides is 1. The van der Waals surface area contributed by atoms with Crippen molar-refractivity contribution in [2.75, 3.05) is 6.54 Å². The van der Waals surface area contributed by atoms with Gasteiger partial charge in [-0.05, 0) is 43.2 Å². The number of aliphatic hydroxyl groups is 1. The molecule has 0 aliphatic carbocycles. The van der Waals surface area contributed by atoms with Gasteiger partial charge in [0.1, 0.15) is 23.7 Å². The summed E-state index contributed by atoms with van der Waals surface area (Å²) in [6.07, 6.45) is 0.715. The van der Waals surface area contributed by atoms with E-state index >= 15 is 0 Å². The summed E-state index contributed by atoms with van der Waals surface area (Å²) >= 11 is 1.19. The van der Waals surface area contributed by atoms with Gasteiger partial charge in [-0.3, -0.25) is 4.79 Å². The molecule has 3 N–H and O–H groups in total. The maximum absolute atomic E-state index is 12.8. The van der Waals surface area contributed by atoms with Crippen LogP contribution in [0.3, 0.4) is 0 Å². The molecular formula is C29H30F2N4O6S2. The molecule has 10 nitrogen and oxygen atoms in total. The highest BCUT2D eigenvalue weighted by Crippen LogP contribution is 2.27. The van der Waals surface area contributed by atoms with Crippen LogP contribution < -0.4 is 15.4 Å². The van der Waals surface area contributed by atoms with E-state index in [0.717, 1.165) is 6.34 Å². The molecule has 0 fully saturated rings. The Hall–Kier alpha value is -4.01. The number of hydrogen-bond acceptors (Lipinski definition) is 8. The van der Waals surface area contributed by atoms with Gasteiger partial charge in [0, 0.05) is 17.9 Å². The quantitative estimate of drug-likeness (QED) is 0.0672. The normalized spacial score (nSPS) is 13.3. The number of sulfonamides is 1. The molecule has 14 heteroatoms. The van der Waals surface area contributed by atoms with E-state index in [-0.39, 0.29) is 41.2 Å². The van der Waals surface area contributed by atoms with Crippen molar-refractivity contribution in [2.45, 2.75) is 48.0 Å². The highest BCUT2D eigenvalue weighted by atomic mass is 32.2. The summed E-state index contributed by atoms with van der Waals surface area (Å²) in [5.41, 5.74) is 1.69. The zero-order chi connectivity index (χ0) is 30.7. The first-order valence-electron chi connectivity index (χ1n) is 13.3. The van der Waals surface area contributed by atoms with Crippen LogP contribution in [0.15, 0.2) is 92.6 Å². The zero-order valence-electron chi connectivity index (χ0n) is 22.8. The summed E-state index contributed by atoms with van der Waals surface area (Å²) in [4.78, 5) is 17.0. The standard InChI is InChI=1S/C29H30F2N4O6S2/c30-29(31)41-24-14-6-4-9-20(24)18-42-27(33-19-34-43(38,39)21-10-2-1-3-11-21)17-26(37)32-16-8-13-23(36)28-35-22-12-5-7-15-25(22)40-28/h1-7,9-12,14-15,19,23,27,29,36H,8,13,16-18H2,(H,32,37)(H,33,34)/t23-,27?/m0/s1. The number of hydrogen-bond donors (Lipinski definition) is 3. The second-order valence-electron chi connectivity index (χ2n) is 9.21. The Labute approximate surface area is 251 Å². The molecule has 0 saturated carbocycles. The molecule has 1 heterocycles. The number of alkyl halides is 2. The van der Waals surface area contributed by atoms with E-state index in [2.05, 4.69) is 24.8 Å². The third-order valence-electron chi connectivity index (χ3n) is 6.06. The van der Waals surface area contributed by atoms with Crippen molar-refractivity contribution in [1.82, 2.24) is 15.6 Å². The van der Waals surface area contributed by atoms with E-state index in [1.54, 1.807) is 48.5 Å². The van der Waals surface area contributed by atoms with Crippen molar-refractivity contribution in [3.63, 3.8) is 0 Å². The zero-order valence-corrected chi connectivity index (χ0v) is 24.4. The minimum Gasteiger partial charge on any atom is -0.438 e. The van der Waals surface area contributed by atoms with Gasteiger partial charge in [0.25, 0.3) is 10.0 Å². The molecule has 228 valence electrons. The van der Waals surface area contributed by atoms with Crippen LogP contribution in [-0.4, -0.2) is 49.3 Å². The fourth-order valence-electron chi connectivity index (χ4n) is 3.95. The van der Waals surface area contributed by atoms with Crippen molar-refractivity contribution in [1.29, 1.82) is 0 Å². The van der Waals surface area contributed by atoms with Crippen molar-refractivity contribution in [2.24, 2.45) is 4.40 Å². The number of carbonyl (C=O) groups excluding carboxylic acids is 1. The van der Waals surface area contributed by atoms with Crippen LogP contribution in [-0.2, 0) is 20.6 Å². The molecule has 0 saturated heterocycles. The maximum atomic E-state index is 12.8. The van der Waals surface area contributed by atoms with Crippen LogP contribution in [0, 0.1) is 0 Å². The van der Waals surface area contributed by atoms with Crippen LogP contribution in [0.5, 0.6) is 5.75 Å². The number of halogens is 2. The van der Waals surface area contributed by atoms with Gasteiger partial charge < -0.3 is 24.9 Å². The van der Waals surface area contributed by atoms with Crippen LogP contribution in [0.4, 0.5) is 8.78 Å². The fourth-order valence-corrected chi connectivity index (χ4v) is 5.81. The maximum Gasteiger partial charge on any atom is 0.387 e. The summed E-state index contributed by atoms with van der Waals surface area (Å²) in [6, 6.07) is 21.1. The van der Waals surface area contributed by atoms with Gasteiger partial charge in [0.2, 0.25) is 11.8 Å². The number of nitrogens with zero attached hydrogens (tertiary/aromatic N) is 2. The summed E-state index contributed by atoms with van der Waals surface area (Å²) in [5, 5.41) is 15.4. The number of carbonyl (C=O) groups is 1. The van der Waals surface area contributed by atoms with E-state index in [4.69, 9.17) is 4.42 Å². The predicted octanol–water partition coefficient (Wildman–Crippen LogP) is 5.02. The molecule has 3 aromatic carbocycles. The molecule has 4 aromatic rings. The monoisotopic (exact) mass is 632 g/mol. The summed E-state index contributed by atoms with van der Waals surface area (Å²) in [6.45, 7) is -2.74. The minimum atomic E-state index is -3.97. The largest absolute Gasteiger partial charge is 0.438 e. The molecule has 0 aliphatic rings. The highest BCUT2D eigenvalue weighted by molar-refractivity contribution is 7.99. The molecule has 0 bridgehead atoms. The van der Waals surface area contributed by atoms with E-state index in [1.165, 1.54) is 30.0 Å². The second-order valence-corrected chi connectivity index (χ2v) is 12.0. The van der Waals surface area contributed by atoms with Crippen molar-refractivity contribution in [3.8, 4) is 5.75 Å². The number of nitrogens with one attached hydrogen (secondary N) is 2. The molecule has 4 rings (SSSR count). The summed E-state index contributed by atoms with van der Waals surface area (Å²) in [5.74, 6) is 0.0434. The van der Waals surface area contributed by atoms with Crippen LogP contribution in [0.2, 0.25) is 0 Å². The number of ether oxygens (including phenoxy) is 1. The predicted molar refractivity (Wildman–Crippen MR) is 159 cm³/mol. The highest BCUT2D eigenvalue weighted by Gasteiger charge is 2.18. The number of rotatable bonds is 16. The molecule has 1 amide bonds. The number of fused-ring (bicyclic) bond motifs is 1. The van der Waals surface area contributed by atoms with E-state index < -0.39 is 28.1 Å². The summed E-state index contributed by atoms with van der Waals surface area (Å²) in [7, 11) is -3.97. The van der Waals surface area contributed by atoms with Crippen molar-refractivity contribution < 1.29 is 36.3 Å². The Bertz CT molecular complexity index is 1590. The topological polar surface area (TPSA) is 143 Å².